The van der Waals surface area contributed by atoms with Gasteiger partial charge in [0.05, 0.1) is 4.91 Å². The van der Waals surface area contributed by atoms with Crippen LogP contribution in [0.15, 0.2) is 53.4 Å². The van der Waals surface area contributed by atoms with Gasteiger partial charge in [-0.1, -0.05) is 29.8 Å². The second-order valence-corrected chi connectivity index (χ2v) is 7.08. The fourth-order valence-electron chi connectivity index (χ4n) is 2.42. The van der Waals surface area contributed by atoms with Gasteiger partial charge < -0.3 is 5.32 Å². The molecule has 3 rings (SSSR count). The summed E-state index contributed by atoms with van der Waals surface area (Å²) >= 11 is 6.67. The molecule has 0 radical (unpaired) electrons. The minimum atomic E-state index is -0.513. The summed E-state index contributed by atoms with van der Waals surface area (Å²) in [6.07, 6.45) is 1.62. The largest absolute Gasteiger partial charge is 0.350 e. The Balaban J connectivity index is 1.59. The van der Waals surface area contributed by atoms with Crippen LogP contribution >= 0.6 is 23.4 Å². The maximum absolute atomic E-state index is 13.1. The number of carbonyl (C=O) groups excluding carboxylic acids is 3. The van der Waals surface area contributed by atoms with Crippen molar-refractivity contribution in [2.24, 2.45) is 0 Å². The van der Waals surface area contributed by atoms with Crippen LogP contribution in [0.2, 0.25) is 5.02 Å². The second-order valence-electron chi connectivity index (χ2n) is 5.65. The van der Waals surface area contributed by atoms with E-state index in [0.29, 0.717) is 9.93 Å². The first-order valence-electron chi connectivity index (χ1n) is 7.99. The summed E-state index contributed by atoms with van der Waals surface area (Å²) in [5.41, 5.74) is 0.927. The highest BCUT2D eigenvalue weighted by molar-refractivity contribution is 8.18. The number of hydrogen-bond acceptors (Lipinski definition) is 4. The third-order valence-corrected chi connectivity index (χ3v) is 4.91. The van der Waals surface area contributed by atoms with Crippen LogP contribution in [0.1, 0.15) is 15.9 Å². The van der Waals surface area contributed by atoms with Gasteiger partial charge in [0, 0.05) is 23.7 Å². The van der Waals surface area contributed by atoms with Crippen LogP contribution in [-0.2, 0) is 4.79 Å². The Morgan fingerprint density at radius 1 is 1.19 bits per heavy atom. The summed E-state index contributed by atoms with van der Waals surface area (Å²) in [5.74, 6) is -1.40. The van der Waals surface area contributed by atoms with Gasteiger partial charge in [0.15, 0.2) is 0 Å². The van der Waals surface area contributed by atoms with Gasteiger partial charge in [0.2, 0.25) is 0 Å². The van der Waals surface area contributed by atoms with E-state index in [2.05, 4.69) is 5.32 Å². The normalized spacial score (nSPS) is 15.5. The van der Waals surface area contributed by atoms with E-state index in [1.54, 1.807) is 30.3 Å². The minimum absolute atomic E-state index is 0.0314. The third kappa shape index (κ3) is 4.75. The van der Waals surface area contributed by atoms with E-state index in [0.717, 1.165) is 28.3 Å². The lowest BCUT2D eigenvalue weighted by molar-refractivity contribution is -0.122. The highest BCUT2D eigenvalue weighted by Crippen LogP contribution is 2.32. The molecule has 0 unspecified atom stereocenters. The summed E-state index contributed by atoms with van der Waals surface area (Å²) in [4.78, 5) is 37.8. The Labute approximate surface area is 164 Å². The number of nitrogens with zero attached hydrogens (tertiary/aromatic N) is 1. The maximum atomic E-state index is 13.1. The average Bonchev–Trinajstić information content (AvgIpc) is 2.91. The van der Waals surface area contributed by atoms with Crippen molar-refractivity contribution >= 4 is 46.5 Å². The van der Waals surface area contributed by atoms with Gasteiger partial charge in [-0.2, -0.15) is 0 Å². The van der Waals surface area contributed by atoms with E-state index < -0.39 is 22.9 Å². The van der Waals surface area contributed by atoms with Gasteiger partial charge in [-0.05, 0) is 53.7 Å². The summed E-state index contributed by atoms with van der Waals surface area (Å²) < 4.78 is 13.1. The molecule has 0 atom stereocenters. The molecule has 27 heavy (non-hydrogen) atoms. The number of nitrogens with one attached hydrogen (secondary N) is 1. The average molecular weight is 405 g/mol. The summed E-state index contributed by atoms with van der Waals surface area (Å²) in [5, 5.41) is 2.75. The minimum Gasteiger partial charge on any atom is -0.350 e. The van der Waals surface area contributed by atoms with Gasteiger partial charge in [0.25, 0.3) is 17.1 Å². The maximum Gasteiger partial charge on any atom is 0.293 e. The van der Waals surface area contributed by atoms with Gasteiger partial charge in [-0.15, -0.1) is 0 Å². The lowest BCUT2D eigenvalue weighted by Gasteiger charge is -2.13. The zero-order chi connectivity index (χ0) is 19.4. The first-order valence-corrected chi connectivity index (χ1v) is 9.18. The lowest BCUT2D eigenvalue weighted by atomic mass is 10.2. The number of imide groups is 1. The van der Waals surface area contributed by atoms with Crippen LogP contribution in [0, 0.1) is 5.82 Å². The second kappa shape index (κ2) is 8.37. The molecule has 0 spiro atoms. The zero-order valence-corrected chi connectivity index (χ0v) is 15.5. The Morgan fingerprint density at radius 3 is 2.63 bits per heavy atom. The van der Waals surface area contributed by atoms with Crippen molar-refractivity contribution in [1.82, 2.24) is 10.2 Å². The fourth-order valence-corrected chi connectivity index (χ4v) is 3.41. The SMILES string of the molecule is O=C(NCCN1C(=O)S/C(=C\c2ccc(Cl)cc2)C1=O)c1cccc(F)c1. The summed E-state index contributed by atoms with van der Waals surface area (Å²) in [7, 11) is 0. The molecule has 5 nitrogen and oxygen atoms in total. The molecule has 0 bridgehead atoms. The Bertz CT molecular complexity index is 931. The van der Waals surface area contributed by atoms with E-state index in [1.807, 2.05) is 0 Å². The zero-order valence-electron chi connectivity index (χ0n) is 13.9. The molecule has 1 N–H and O–H groups in total. The van der Waals surface area contributed by atoms with Crippen molar-refractivity contribution in [2.45, 2.75) is 0 Å². The molecule has 8 heteroatoms. The number of halogens is 2. The van der Waals surface area contributed by atoms with E-state index in [4.69, 9.17) is 11.6 Å². The topological polar surface area (TPSA) is 66.5 Å². The molecule has 2 aromatic rings. The highest BCUT2D eigenvalue weighted by Gasteiger charge is 2.34. The molecule has 2 aromatic carbocycles. The van der Waals surface area contributed by atoms with Crippen LogP contribution in [0.3, 0.4) is 0 Å². The van der Waals surface area contributed by atoms with Crippen LogP contribution in [0.5, 0.6) is 0 Å². The fraction of sp³-hybridized carbons (Fsp3) is 0.105. The first-order chi connectivity index (χ1) is 12.9. The smallest absolute Gasteiger partial charge is 0.293 e. The van der Waals surface area contributed by atoms with Crippen LogP contribution in [-0.4, -0.2) is 35.0 Å². The molecule has 1 heterocycles. The van der Waals surface area contributed by atoms with Crippen LogP contribution in [0.4, 0.5) is 9.18 Å². The van der Waals surface area contributed by atoms with E-state index in [9.17, 15) is 18.8 Å². The standard InChI is InChI=1S/C19H14ClFN2O3S/c20-14-6-4-12(5-7-14)10-16-18(25)23(19(26)27-16)9-8-22-17(24)13-2-1-3-15(21)11-13/h1-7,10-11H,8-9H2,(H,22,24)/b16-10-. The van der Waals surface area contributed by atoms with E-state index >= 15 is 0 Å². The number of amides is 3. The number of carbonyl (C=O) groups is 3. The first kappa shape index (κ1) is 19.1. The highest BCUT2D eigenvalue weighted by atomic mass is 35.5. The Hall–Kier alpha value is -2.64. The van der Waals surface area contributed by atoms with Crippen LogP contribution < -0.4 is 5.32 Å². The molecule has 0 aliphatic carbocycles. The molecule has 3 amide bonds. The Morgan fingerprint density at radius 2 is 1.93 bits per heavy atom. The molecule has 1 saturated heterocycles. The summed E-state index contributed by atoms with van der Waals surface area (Å²) in [6, 6.07) is 12.1. The molecular formula is C19H14ClFN2O3S. The molecule has 1 fully saturated rings. The Kier molecular flexibility index (Phi) is 5.93. The van der Waals surface area contributed by atoms with Gasteiger partial charge in [0.1, 0.15) is 5.82 Å². The summed E-state index contributed by atoms with van der Waals surface area (Å²) in [6.45, 7) is 0.102. The molecule has 0 aromatic heterocycles. The van der Waals surface area contributed by atoms with Gasteiger partial charge >= 0.3 is 0 Å². The van der Waals surface area contributed by atoms with Gasteiger partial charge in [-0.3, -0.25) is 19.3 Å². The number of hydrogen-bond donors (Lipinski definition) is 1. The molecule has 0 saturated carbocycles. The third-order valence-electron chi connectivity index (χ3n) is 3.75. The molecular weight excluding hydrogens is 391 g/mol. The van der Waals surface area contributed by atoms with Crippen LogP contribution in [0.25, 0.3) is 6.08 Å². The molecule has 1 aliphatic heterocycles. The molecule has 138 valence electrons. The van der Waals surface area contributed by atoms with E-state index in [1.165, 1.54) is 18.2 Å². The quantitative estimate of drug-likeness (QED) is 0.766. The van der Waals surface area contributed by atoms with Crippen molar-refractivity contribution in [3.05, 3.63) is 75.4 Å². The number of rotatable bonds is 5. The monoisotopic (exact) mass is 404 g/mol. The van der Waals surface area contributed by atoms with Crippen molar-refractivity contribution < 1.29 is 18.8 Å². The van der Waals surface area contributed by atoms with Gasteiger partial charge in [-0.25, -0.2) is 4.39 Å². The molecule has 1 aliphatic rings. The van der Waals surface area contributed by atoms with Crippen molar-refractivity contribution in [3.63, 3.8) is 0 Å². The van der Waals surface area contributed by atoms with E-state index in [-0.39, 0.29) is 18.7 Å². The predicted octanol–water partition coefficient (Wildman–Crippen LogP) is 3.95. The number of thioether (sulfide) groups is 1. The lowest BCUT2D eigenvalue weighted by Crippen LogP contribution is -2.37. The van der Waals surface area contributed by atoms with Crippen molar-refractivity contribution in [3.8, 4) is 0 Å². The van der Waals surface area contributed by atoms with Crippen molar-refractivity contribution in [1.29, 1.82) is 0 Å². The predicted molar refractivity (Wildman–Crippen MR) is 103 cm³/mol. The number of benzene rings is 2. The van der Waals surface area contributed by atoms with Crippen molar-refractivity contribution in [2.75, 3.05) is 13.1 Å².